The first kappa shape index (κ1) is 24.6. The number of aryl methyl sites for hydroxylation is 2. The van der Waals surface area contributed by atoms with Crippen molar-refractivity contribution in [3.63, 3.8) is 0 Å². The van der Waals surface area contributed by atoms with E-state index in [4.69, 9.17) is 4.52 Å². The van der Waals surface area contributed by atoms with Crippen molar-refractivity contribution in [2.45, 2.75) is 84.2 Å². The highest BCUT2D eigenvalue weighted by molar-refractivity contribution is 5.76. The first-order chi connectivity index (χ1) is 16.9. The Labute approximate surface area is 205 Å². The molecule has 0 bridgehead atoms. The third-order valence-corrected chi connectivity index (χ3v) is 6.74. The maximum absolute atomic E-state index is 12.6. The molecule has 1 aliphatic rings. The Balaban J connectivity index is 1.35. The van der Waals surface area contributed by atoms with Crippen LogP contribution in [0.15, 0.2) is 34.9 Å². The topological polar surface area (TPSA) is 115 Å². The first-order valence-corrected chi connectivity index (χ1v) is 12.4. The first-order valence-electron chi connectivity index (χ1n) is 12.4. The lowest BCUT2D eigenvalue weighted by atomic mass is 9.89. The summed E-state index contributed by atoms with van der Waals surface area (Å²) in [4.78, 5) is 29.0. The molecule has 2 N–H and O–H groups in total. The molecule has 0 aliphatic heterocycles. The van der Waals surface area contributed by atoms with Crippen LogP contribution in [0, 0.1) is 13.8 Å². The molecule has 0 radical (unpaired) electrons. The average molecular weight is 479 g/mol. The van der Waals surface area contributed by atoms with Crippen molar-refractivity contribution in [1.29, 1.82) is 0 Å². The van der Waals surface area contributed by atoms with Crippen LogP contribution in [0.2, 0.25) is 0 Å². The highest BCUT2D eigenvalue weighted by Gasteiger charge is 2.38. The van der Waals surface area contributed by atoms with Gasteiger partial charge in [-0.3, -0.25) is 9.59 Å². The van der Waals surface area contributed by atoms with E-state index in [9.17, 15) is 9.59 Å². The van der Waals surface area contributed by atoms with Crippen LogP contribution in [-0.4, -0.2) is 31.7 Å². The van der Waals surface area contributed by atoms with Gasteiger partial charge in [-0.15, -0.1) is 0 Å². The van der Waals surface area contributed by atoms with Crippen LogP contribution >= 0.6 is 0 Å². The predicted molar refractivity (Wildman–Crippen MR) is 131 cm³/mol. The van der Waals surface area contributed by atoms with Crippen molar-refractivity contribution in [1.82, 2.24) is 30.6 Å². The van der Waals surface area contributed by atoms with E-state index in [-0.39, 0.29) is 18.2 Å². The summed E-state index contributed by atoms with van der Waals surface area (Å²) in [7, 11) is 0. The summed E-state index contributed by atoms with van der Waals surface area (Å²) in [6, 6.07) is 9.93. The zero-order chi connectivity index (χ0) is 24.8. The van der Waals surface area contributed by atoms with Gasteiger partial charge in [-0.25, -0.2) is 4.68 Å². The van der Waals surface area contributed by atoms with Gasteiger partial charge in [0.25, 0.3) is 0 Å². The van der Waals surface area contributed by atoms with E-state index in [1.807, 2.05) is 48.9 Å². The summed E-state index contributed by atoms with van der Waals surface area (Å²) in [6.45, 7) is 5.88. The molecule has 186 valence electrons. The number of para-hydroxylation sites is 1. The Morgan fingerprint density at radius 1 is 1.09 bits per heavy atom. The minimum atomic E-state index is -0.583. The Morgan fingerprint density at radius 3 is 2.49 bits per heavy atom. The van der Waals surface area contributed by atoms with Crippen LogP contribution in [-0.2, 0) is 28.1 Å². The second-order valence-corrected chi connectivity index (χ2v) is 9.36. The van der Waals surface area contributed by atoms with E-state index in [0.29, 0.717) is 24.7 Å². The number of benzene rings is 1. The molecule has 0 atom stereocenters. The minimum Gasteiger partial charge on any atom is -0.352 e. The van der Waals surface area contributed by atoms with Gasteiger partial charge in [-0.2, -0.15) is 10.1 Å². The number of nitrogens with one attached hydrogen (secondary N) is 2. The molecule has 9 heteroatoms. The molecule has 0 saturated heterocycles. The van der Waals surface area contributed by atoms with E-state index in [1.165, 1.54) is 6.92 Å². The van der Waals surface area contributed by atoms with Crippen molar-refractivity contribution < 1.29 is 14.1 Å². The lowest BCUT2D eigenvalue weighted by Crippen LogP contribution is -2.45. The normalized spacial score (nSPS) is 15.4. The molecule has 0 unspecified atom stereocenters. The number of carbonyl (C=O) groups is 2. The van der Waals surface area contributed by atoms with E-state index < -0.39 is 5.54 Å². The molecule has 0 spiro atoms. The Morgan fingerprint density at radius 2 is 1.80 bits per heavy atom. The molecule has 1 fully saturated rings. The Hall–Kier alpha value is -3.49. The fourth-order valence-corrected chi connectivity index (χ4v) is 4.87. The lowest BCUT2D eigenvalue weighted by molar-refractivity contribution is -0.122. The fourth-order valence-electron chi connectivity index (χ4n) is 4.87. The number of carbonyl (C=O) groups excluding carboxylic acids is 2. The fraction of sp³-hybridized carbons (Fsp3) is 0.500. The molecular weight excluding hydrogens is 444 g/mol. The van der Waals surface area contributed by atoms with Gasteiger partial charge in [0.2, 0.25) is 17.7 Å². The summed E-state index contributed by atoms with van der Waals surface area (Å²) < 4.78 is 7.36. The summed E-state index contributed by atoms with van der Waals surface area (Å²) in [5.74, 6) is 0.735. The second-order valence-electron chi connectivity index (χ2n) is 9.36. The zero-order valence-electron chi connectivity index (χ0n) is 20.8. The van der Waals surface area contributed by atoms with E-state index in [0.717, 1.165) is 61.2 Å². The summed E-state index contributed by atoms with van der Waals surface area (Å²) in [6.07, 6.45) is 6.45. The number of nitrogens with zero attached hydrogens (tertiary/aromatic N) is 4. The molecule has 3 aromatic rings. The standard InChI is InChI=1S/C26H34N6O3/c1-18-22(19(2)32(30-18)21-11-7-6-8-12-21)17-27-23(34)13-14-24-28-25(31-35-24)26(29-20(3)33)15-9-4-5-10-16-26/h6-8,11-12H,4-5,9-10,13-17H2,1-3H3,(H,27,34)(H,29,33). The van der Waals surface area contributed by atoms with Crippen molar-refractivity contribution in [3.05, 3.63) is 59.0 Å². The van der Waals surface area contributed by atoms with Gasteiger partial charge in [-0.05, 0) is 38.8 Å². The van der Waals surface area contributed by atoms with Crippen LogP contribution in [0.5, 0.6) is 0 Å². The third-order valence-electron chi connectivity index (χ3n) is 6.74. The highest BCUT2D eigenvalue weighted by Crippen LogP contribution is 2.34. The van der Waals surface area contributed by atoms with Gasteiger partial charge in [0.05, 0.1) is 11.4 Å². The largest absolute Gasteiger partial charge is 0.352 e. The molecule has 4 rings (SSSR count). The molecule has 9 nitrogen and oxygen atoms in total. The van der Waals surface area contributed by atoms with Gasteiger partial charge < -0.3 is 15.2 Å². The van der Waals surface area contributed by atoms with Gasteiger partial charge in [0.15, 0.2) is 5.82 Å². The number of amides is 2. The summed E-state index contributed by atoms with van der Waals surface area (Å²) in [5.41, 5.74) is 3.30. The average Bonchev–Trinajstić information content (AvgIpc) is 3.35. The SMILES string of the molecule is CC(=O)NC1(c2noc(CCC(=O)NCc3c(C)nn(-c4ccccc4)c3C)n2)CCCCCC1. The summed E-state index contributed by atoms with van der Waals surface area (Å²) >= 11 is 0. The van der Waals surface area contributed by atoms with Gasteiger partial charge >= 0.3 is 0 Å². The number of rotatable bonds is 8. The molecule has 2 heterocycles. The third kappa shape index (κ3) is 5.78. The molecule has 1 aromatic carbocycles. The number of aromatic nitrogens is 4. The quantitative estimate of drug-likeness (QED) is 0.476. The van der Waals surface area contributed by atoms with Crippen LogP contribution in [0.1, 0.15) is 80.5 Å². The lowest BCUT2D eigenvalue weighted by Gasteiger charge is -2.30. The van der Waals surface area contributed by atoms with Gasteiger partial charge in [-0.1, -0.05) is 49.0 Å². The van der Waals surface area contributed by atoms with Crippen molar-refractivity contribution in [2.24, 2.45) is 0 Å². The van der Waals surface area contributed by atoms with Gasteiger partial charge in [0.1, 0.15) is 5.54 Å². The van der Waals surface area contributed by atoms with E-state index in [2.05, 4.69) is 25.9 Å². The molecule has 2 amide bonds. The second kappa shape index (κ2) is 10.8. The maximum atomic E-state index is 12.6. The van der Waals surface area contributed by atoms with Crippen molar-refractivity contribution >= 4 is 11.8 Å². The monoisotopic (exact) mass is 478 g/mol. The van der Waals surface area contributed by atoms with Gasteiger partial charge in [0, 0.05) is 37.6 Å². The molecule has 2 aromatic heterocycles. The molecule has 1 saturated carbocycles. The molecular formula is C26H34N6O3. The minimum absolute atomic E-state index is 0.0953. The maximum Gasteiger partial charge on any atom is 0.227 e. The highest BCUT2D eigenvalue weighted by atomic mass is 16.5. The van der Waals surface area contributed by atoms with Crippen LogP contribution < -0.4 is 10.6 Å². The molecule has 35 heavy (non-hydrogen) atoms. The van der Waals surface area contributed by atoms with E-state index >= 15 is 0 Å². The molecule has 1 aliphatic carbocycles. The summed E-state index contributed by atoms with van der Waals surface area (Å²) in [5, 5.41) is 14.9. The van der Waals surface area contributed by atoms with Crippen molar-refractivity contribution in [3.8, 4) is 5.69 Å². The smallest absolute Gasteiger partial charge is 0.227 e. The van der Waals surface area contributed by atoms with E-state index in [1.54, 1.807) is 0 Å². The van der Waals surface area contributed by atoms with Crippen LogP contribution in [0.3, 0.4) is 0 Å². The Bertz CT molecular complexity index is 1160. The predicted octanol–water partition coefficient (Wildman–Crippen LogP) is 3.81. The van der Waals surface area contributed by atoms with Crippen LogP contribution in [0.4, 0.5) is 0 Å². The zero-order valence-corrected chi connectivity index (χ0v) is 20.8. The number of hydrogen-bond acceptors (Lipinski definition) is 6. The van der Waals surface area contributed by atoms with Crippen LogP contribution in [0.25, 0.3) is 5.69 Å². The number of hydrogen-bond donors (Lipinski definition) is 2. The Kier molecular flexibility index (Phi) is 7.63. The van der Waals surface area contributed by atoms with Crippen molar-refractivity contribution in [2.75, 3.05) is 0 Å².